The summed E-state index contributed by atoms with van der Waals surface area (Å²) < 4.78 is 0. The summed E-state index contributed by atoms with van der Waals surface area (Å²) in [5.74, 6) is -1.21. The zero-order valence-corrected chi connectivity index (χ0v) is 6.82. The zero-order valence-electron chi connectivity index (χ0n) is 6.82. The van der Waals surface area contributed by atoms with E-state index in [9.17, 15) is 14.9 Å². The largest absolute Gasteiger partial charge is 0.478 e. The number of hydrogen-bond acceptors (Lipinski definition) is 4. The molecule has 0 aliphatic rings. The van der Waals surface area contributed by atoms with Crippen molar-refractivity contribution in [2.75, 3.05) is 0 Å². The first-order chi connectivity index (χ1) is 6.61. The first-order valence-electron chi connectivity index (χ1n) is 3.49. The third kappa shape index (κ3) is 2.34. The van der Waals surface area contributed by atoms with Gasteiger partial charge in [0.1, 0.15) is 5.56 Å². The SMILES string of the molecule is O=C(O)c1ccccc1N=N[N+](=O)[O-]. The normalized spacial score (nSPS) is 10.3. The van der Waals surface area contributed by atoms with Crippen LogP contribution in [0.2, 0.25) is 0 Å². The van der Waals surface area contributed by atoms with E-state index >= 15 is 0 Å². The molecular formula is C7H5N3O4. The molecule has 7 heteroatoms. The van der Waals surface area contributed by atoms with Crippen molar-refractivity contribution in [3.05, 3.63) is 39.9 Å². The van der Waals surface area contributed by atoms with Crippen LogP contribution in [-0.2, 0) is 0 Å². The Balaban J connectivity index is 3.07. The van der Waals surface area contributed by atoms with Crippen LogP contribution in [0.5, 0.6) is 0 Å². The Kier molecular flexibility index (Phi) is 2.85. The molecule has 72 valence electrons. The first-order valence-corrected chi connectivity index (χ1v) is 3.49. The van der Waals surface area contributed by atoms with Crippen LogP contribution in [0.4, 0.5) is 5.69 Å². The lowest BCUT2D eigenvalue weighted by molar-refractivity contribution is -0.493. The third-order valence-corrected chi connectivity index (χ3v) is 1.36. The Morgan fingerprint density at radius 2 is 2.07 bits per heavy atom. The molecule has 0 fully saturated rings. The fourth-order valence-corrected chi connectivity index (χ4v) is 0.826. The standard InChI is InChI=1S/C7H5N3O4/c11-7(12)5-3-1-2-4-6(5)8-9-10(13)14/h1-4H,(H,11,12). The number of nitrogens with zero attached hydrogens (tertiary/aromatic N) is 3. The predicted molar refractivity (Wildman–Crippen MR) is 44.9 cm³/mol. The van der Waals surface area contributed by atoms with Gasteiger partial charge in [-0.05, 0) is 12.1 Å². The van der Waals surface area contributed by atoms with Gasteiger partial charge in [0.2, 0.25) is 5.69 Å². The lowest BCUT2D eigenvalue weighted by Gasteiger charge is -1.91. The minimum Gasteiger partial charge on any atom is -0.478 e. The summed E-state index contributed by atoms with van der Waals surface area (Å²) in [6.07, 6.45) is 0. The van der Waals surface area contributed by atoms with E-state index < -0.39 is 11.0 Å². The minimum atomic E-state index is -1.21. The van der Waals surface area contributed by atoms with Gasteiger partial charge in [0.15, 0.2) is 5.22 Å². The number of hydrogen-bond donors (Lipinski definition) is 1. The molecule has 1 rings (SSSR count). The Morgan fingerprint density at radius 1 is 1.43 bits per heavy atom. The molecule has 0 unspecified atom stereocenters. The minimum absolute atomic E-state index is 0.0447. The van der Waals surface area contributed by atoms with Gasteiger partial charge in [-0.2, -0.15) is 0 Å². The number of aromatic carboxylic acids is 1. The van der Waals surface area contributed by atoms with Crippen molar-refractivity contribution in [3.8, 4) is 0 Å². The average molecular weight is 195 g/mol. The monoisotopic (exact) mass is 195 g/mol. The van der Waals surface area contributed by atoms with Crippen molar-refractivity contribution in [2.45, 2.75) is 0 Å². The summed E-state index contributed by atoms with van der Waals surface area (Å²) in [5.41, 5.74) is -0.171. The Bertz CT molecular complexity index is 402. The Hall–Kier alpha value is -2.31. The van der Waals surface area contributed by atoms with Crippen molar-refractivity contribution in [1.29, 1.82) is 0 Å². The summed E-state index contributed by atoms with van der Waals surface area (Å²) >= 11 is 0. The van der Waals surface area contributed by atoms with Gasteiger partial charge in [-0.1, -0.05) is 12.1 Å². The van der Waals surface area contributed by atoms with Crippen molar-refractivity contribution in [1.82, 2.24) is 0 Å². The number of rotatable bonds is 3. The molecule has 0 saturated heterocycles. The number of carboxylic acid groups (broad SMARTS) is 1. The quantitative estimate of drug-likeness (QED) is 0.449. The molecule has 7 nitrogen and oxygen atoms in total. The van der Waals surface area contributed by atoms with Gasteiger partial charge in [0.25, 0.3) is 0 Å². The molecule has 1 N–H and O–H groups in total. The van der Waals surface area contributed by atoms with Gasteiger partial charge in [0.05, 0.1) is 10.1 Å². The molecule has 0 aliphatic carbocycles. The van der Waals surface area contributed by atoms with E-state index in [1.807, 2.05) is 0 Å². The highest BCUT2D eigenvalue weighted by Gasteiger charge is 2.12. The maximum atomic E-state index is 10.6. The van der Waals surface area contributed by atoms with Gasteiger partial charge in [0, 0.05) is 0 Å². The number of benzene rings is 1. The van der Waals surface area contributed by atoms with Crippen molar-refractivity contribution in [2.24, 2.45) is 10.3 Å². The summed E-state index contributed by atoms with van der Waals surface area (Å²) in [6, 6.07) is 5.63. The van der Waals surface area contributed by atoms with Crippen LogP contribution >= 0.6 is 0 Å². The predicted octanol–water partition coefficient (Wildman–Crippen LogP) is 1.66. The van der Waals surface area contributed by atoms with Crippen LogP contribution in [0.1, 0.15) is 10.4 Å². The van der Waals surface area contributed by atoms with Gasteiger partial charge in [-0.3, -0.25) is 0 Å². The Morgan fingerprint density at radius 3 is 2.64 bits per heavy atom. The van der Waals surface area contributed by atoms with Gasteiger partial charge in [-0.15, -0.1) is 0 Å². The average Bonchev–Trinajstić information content (AvgIpc) is 2.15. The van der Waals surface area contributed by atoms with Crippen LogP contribution in [0.3, 0.4) is 0 Å². The maximum absolute atomic E-state index is 10.6. The van der Waals surface area contributed by atoms with Crippen molar-refractivity contribution in [3.63, 3.8) is 0 Å². The molecule has 1 aromatic rings. The summed E-state index contributed by atoms with van der Waals surface area (Å²) in [6.45, 7) is 0. The molecule has 0 amide bonds. The van der Waals surface area contributed by atoms with E-state index in [-0.39, 0.29) is 11.3 Å². The van der Waals surface area contributed by atoms with Gasteiger partial charge >= 0.3 is 5.97 Å². The summed E-state index contributed by atoms with van der Waals surface area (Å²) in [4.78, 5) is 20.4. The lowest BCUT2D eigenvalue weighted by atomic mass is 10.2. The molecule has 0 radical (unpaired) electrons. The molecule has 0 bridgehead atoms. The second-order valence-corrected chi connectivity index (χ2v) is 2.25. The fourth-order valence-electron chi connectivity index (χ4n) is 0.826. The van der Waals surface area contributed by atoms with Gasteiger partial charge in [-0.25, -0.2) is 4.79 Å². The molecule has 0 spiro atoms. The van der Waals surface area contributed by atoms with Crippen LogP contribution in [0, 0.1) is 10.1 Å². The molecule has 0 atom stereocenters. The molecular weight excluding hydrogens is 190 g/mol. The van der Waals surface area contributed by atoms with Crippen LogP contribution in [0.15, 0.2) is 34.6 Å². The number of nitro groups is 1. The van der Waals surface area contributed by atoms with E-state index in [4.69, 9.17) is 5.11 Å². The highest BCUT2D eigenvalue weighted by molar-refractivity contribution is 5.93. The third-order valence-electron chi connectivity index (χ3n) is 1.36. The topological polar surface area (TPSA) is 105 Å². The van der Waals surface area contributed by atoms with E-state index in [0.717, 1.165) is 0 Å². The molecule has 1 aromatic carbocycles. The lowest BCUT2D eigenvalue weighted by Crippen LogP contribution is -1.95. The van der Waals surface area contributed by atoms with E-state index in [1.54, 1.807) is 0 Å². The second kappa shape index (κ2) is 4.08. The van der Waals surface area contributed by atoms with Crippen molar-refractivity contribution >= 4 is 11.7 Å². The smallest absolute Gasteiger partial charge is 0.340 e. The van der Waals surface area contributed by atoms with Crippen molar-refractivity contribution < 1.29 is 14.9 Å². The van der Waals surface area contributed by atoms with Crippen LogP contribution in [0.25, 0.3) is 0 Å². The number of carboxylic acids is 1. The maximum Gasteiger partial charge on any atom is 0.340 e. The summed E-state index contributed by atoms with van der Waals surface area (Å²) in [7, 11) is 0. The van der Waals surface area contributed by atoms with Gasteiger partial charge < -0.3 is 15.2 Å². The highest BCUT2D eigenvalue weighted by Crippen LogP contribution is 2.18. The molecule has 14 heavy (non-hydrogen) atoms. The van der Waals surface area contributed by atoms with Crippen LogP contribution in [-0.4, -0.2) is 16.1 Å². The first kappa shape index (κ1) is 9.78. The van der Waals surface area contributed by atoms with Crippen LogP contribution < -0.4 is 0 Å². The van der Waals surface area contributed by atoms with E-state index in [0.29, 0.717) is 0 Å². The van der Waals surface area contributed by atoms with E-state index in [1.165, 1.54) is 24.3 Å². The molecule has 0 aliphatic heterocycles. The fraction of sp³-hybridized carbons (Fsp3) is 0. The zero-order chi connectivity index (χ0) is 10.6. The summed E-state index contributed by atoms with van der Waals surface area (Å²) in [5, 5.41) is 23.3. The molecule has 0 heterocycles. The number of carbonyl (C=O) groups is 1. The Labute approximate surface area is 77.8 Å². The molecule has 0 aromatic heterocycles. The molecule has 0 saturated carbocycles. The van der Waals surface area contributed by atoms with E-state index in [2.05, 4.69) is 10.3 Å². The second-order valence-electron chi connectivity index (χ2n) is 2.25. The highest BCUT2D eigenvalue weighted by atomic mass is 16.7.